The first-order valence-electron chi connectivity index (χ1n) is 12.8. The van der Waals surface area contributed by atoms with Gasteiger partial charge in [0.1, 0.15) is 17.7 Å². The van der Waals surface area contributed by atoms with E-state index in [4.69, 9.17) is 4.11 Å². The highest BCUT2D eigenvalue weighted by atomic mass is 19.4. The number of anilines is 3. The number of fused-ring (bicyclic) bond motifs is 1. The number of pyridine rings is 2. The third kappa shape index (κ3) is 5.04. The van der Waals surface area contributed by atoms with Gasteiger partial charge >= 0.3 is 6.18 Å². The molecule has 5 rings (SSSR count). The normalized spacial score (nSPS) is 17.2. The Kier molecular flexibility index (Phi) is 5.05. The average molecular weight is 507 g/mol. The van der Waals surface area contributed by atoms with Crippen LogP contribution < -0.4 is 21.5 Å². The number of nitrogens with one attached hydrogen (secondary N) is 3. The van der Waals surface area contributed by atoms with Gasteiger partial charge in [-0.3, -0.25) is 19.1 Å². The molecule has 2 saturated carbocycles. The largest absolute Gasteiger partial charge is 0.406 e. The van der Waals surface area contributed by atoms with Crippen LogP contribution in [0.25, 0.3) is 10.9 Å². The number of nitrogens with zero attached hydrogens (tertiary/aromatic N) is 4. The molecule has 0 bridgehead atoms. The number of hydrogen-bond acceptors (Lipinski definition) is 6. The minimum absolute atomic E-state index is 0.0519. The van der Waals surface area contributed by atoms with Crippen molar-refractivity contribution in [1.82, 2.24) is 24.6 Å². The van der Waals surface area contributed by atoms with Crippen LogP contribution in [0, 0.1) is 11.8 Å². The first kappa shape index (κ1) is 20.3. The van der Waals surface area contributed by atoms with Gasteiger partial charge in [-0.25, -0.2) is 4.98 Å². The first-order valence-corrected chi connectivity index (χ1v) is 11.3. The van der Waals surface area contributed by atoms with Crippen molar-refractivity contribution >= 4 is 40.0 Å². The Morgan fingerprint density at radius 2 is 2.03 bits per heavy atom. The van der Waals surface area contributed by atoms with Crippen LogP contribution >= 0.6 is 0 Å². The Bertz CT molecular complexity index is 1510. The van der Waals surface area contributed by atoms with Crippen LogP contribution in [0.3, 0.4) is 0 Å². The van der Waals surface area contributed by atoms with E-state index in [0.29, 0.717) is 22.5 Å². The van der Waals surface area contributed by atoms with Crippen molar-refractivity contribution in [2.45, 2.75) is 44.9 Å². The summed E-state index contributed by atoms with van der Waals surface area (Å²) in [5.41, 5.74) is -0.940. The fourth-order valence-corrected chi connectivity index (χ4v) is 3.89. The summed E-state index contributed by atoms with van der Waals surface area (Å²) in [6.45, 7) is -3.89. The molecule has 3 aromatic heterocycles. The van der Waals surface area contributed by atoms with E-state index in [0.717, 1.165) is 38.1 Å². The monoisotopic (exact) mass is 506 g/mol. The molecular weight excluding hydrogens is 479 g/mol. The topological polar surface area (TPSA) is 123 Å². The standard InChI is InChI=1S/C23H24F3N7O3/c1-27-21(35)14-9-28-17(30-20(34)13-4-5-13)8-15(14)29-19-18-16(33(31-19)10-12-2-3-12)6-7-32(22(18)36)11-23(24,25)26/h6-9,12-13H,2-5,10-11H2,1H3,(H,27,35)(H2,28,29,30,31,34)/i1D3. The van der Waals surface area contributed by atoms with Crippen molar-refractivity contribution < 1.29 is 26.9 Å². The number of alkyl halides is 3. The Labute approximate surface area is 207 Å². The summed E-state index contributed by atoms with van der Waals surface area (Å²) in [6, 6.07) is 2.65. The minimum atomic E-state index is -4.64. The fourth-order valence-electron chi connectivity index (χ4n) is 3.89. The summed E-state index contributed by atoms with van der Waals surface area (Å²) in [6.07, 6.45) is 0.814. The van der Waals surface area contributed by atoms with Crippen molar-refractivity contribution in [2.75, 3.05) is 17.6 Å². The number of rotatable bonds is 8. The van der Waals surface area contributed by atoms with Gasteiger partial charge in [-0.2, -0.15) is 18.3 Å². The highest BCUT2D eigenvalue weighted by Crippen LogP contribution is 2.34. The average Bonchev–Trinajstić information content (AvgIpc) is 3.73. The second-order valence-corrected chi connectivity index (χ2v) is 9.06. The number of aromatic nitrogens is 4. The maximum absolute atomic E-state index is 13.2. The van der Waals surface area contributed by atoms with Crippen LogP contribution in [0.2, 0.25) is 0 Å². The van der Waals surface area contributed by atoms with E-state index in [1.165, 1.54) is 16.8 Å². The molecule has 36 heavy (non-hydrogen) atoms. The van der Waals surface area contributed by atoms with E-state index in [1.54, 1.807) is 0 Å². The Morgan fingerprint density at radius 1 is 1.25 bits per heavy atom. The molecule has 2 aliphatic rings. The van der Waals surface area contributed by atoms with E-state index >= 15 is 0 Å². The molecule has 0 spiro atoms. The van der Waals surface area contributed by atoms with Crippen molar-refractivity contribution in [3.63, 3.8) is 0 Å². The SMILES string of the molecule is [2H]C([2H])([2H])NC(=O)c1cnc(NC(=O)C2CC2)cc1Nc1nn(CC2CC2)c2ccn(CC(F)(F)F)c(=O)c12. The predicted octanol–water partition coefficient (Wildman–Crippen LogP) is 3.02. The molecule has 0 aromatic carbocycles. The molecule has 0 radical (unpaired) electrons. The molecule has 3 aromatic rings. The lowest BCUT2D eigenvalue weighted by molar-refractivity contribution is -0.141. The van der Waals surface area contributed by atoms with Crippen LogP contribution in [0.1, 0.15) is 40.2 Å². The Balaban J connectivity index is 1.59. The highest BCUT2D eigenvalue weighted by molar-refractivity contribution is 6.02. The van der Waals surface area contributed by atoms with Crippen LogP contribution in [0.15, 0.2) is 29.3 Å². The molecule has 2 amide bonds. The van der Waals surface area contributed by atoms with E-state index in [1.807, 2.05) is 5.32 Å². The van der Waals surface area contributed by atoms with Gasteiger partial charge in [0, 0.05) is 42.0 Å². The number of carbonyl (C=O) groups is 2. The Hall–Kier alpha value is -3.90. The van der Waals surface area contributed by atoms with Crippen LogP contribution in [0.5, 0.6) is 0 Å². The lowest BCUT2D eigenvalue weighted by Gasteiger charge is -2.12. The summed E-state index contributed by atoms with van der Waals surface area (Å²) in [5, 5.41) is 11.6. The molecule has 2 fully saturated rings. The highest BCUT2D eigenvalue weighted by Gasteiger charge is 2.31. The van der Waals surface area contributed by atoms with Crippen molar-refractivity contribution in [1.29, 1.82) is 0 Å². The van der Waals surface area contributed by atoms with Gasteiger partial charge in [0.05, 0.1) is 16.8 Å². The van der Waals surface area contributed by atoms with Crippen molar-refractivity contribution in [2.24, 2.45) is 11.8 Å². The minimum Gasteiger partial charge on any atom is -0.355 e. The maximum atomic E-state index is 13.2. The lowest BCUT2D eigenvalue weighted by Crippen LogP contribution is -2.27. The summed E-state index contributed by atoms with van der Waals surface area (Å²) in [4.78, 5) is 42.2. The van der Waals surface area contributed by atoms with Gasteiger partial charge in [0.15, 0.2) is 5.82 Å². The zero-order valence-electron chi connectivity index (χ0n) is 21.9. The van der Waals surface area contributed by atoms with E-state index in [2.05, 4.69) is 20.7 Å². The molecule has 0 saturated heterocycles. The van der Waals surface area contributed by atoms with E-state index in [-0.39, 0.29) is 40.1 Å². The maximum Gasteiger partial charge on any atom is 0.406 e. The van der Waals surface area contributed by atoms with Crippen molar-refractivity contribution in [3.8, 4) is 0 Å². The summed E-state index contributed by atoms with van der Waals surface area (Å²) < 4.78 is 63.4. The third-order valence-corrected chi connectivity index (χ3v) is 6.07. The third-order valence-electron chi connectivity index (χ3n) is 6.07. The molecule has 3 heterocycles. The molecule has 13 heteroatoms. The van der Waals surface area contributed by atoms with Gasteiger partial charge in [-0.05, 0) is 37.7 Å². The molecule has 190 valence electrons. The number of amides is 2. The van der Waals surface area contributed by atoms with Gasteiger partial charge in [0.25, 0.3) is 11.5 Å². The van der Waals surface area contributed by atoms with Gasteiger partial charge in [-0.1, -0.05) is 0 Å². The van der Waals surface area contributed by atoms with Crippen LogP contribution in [-0.2, 0) is 17.9 Å². The number of halogens is 3. The summed E-state index contributed by atoms with van der Waals surface area (Å²) >= 11 is 0. The van der Waals surface area contributed by atoms with Gasteiger partial charge in [0.2, 0.25) is 5.91 Å². The zero-order valence-corrected chi connectivity index (χ0v) is 18.9. The molecule has 2 aliphatic carbocycles. The molecule has 0 atom stereocenters. The smallest absolute Gasteiger partial charge is 0.355 e. The first-order chi connectivity index (χ1) is 18.3. The number of hydrogen-bond donors (Lipinski definition) is 3. The van der Waals surface area contributed by atoms with Gasteiger partial charge < -0.3 is 20.5 Å². The summed E-state index contributed by atoms with van der Waals surface area (Å²) in [5.74, 6) is -1.22. The predicted molar refractivity (Wildman–Crippen MR) is 125 cm³/mol. The second kappa shape index (κ2) is 8.95. The number of carbonyl (C=O) groups excluding carboxylic acids is 2. The molecule has 0 aliphatic heterocycles. The lowest BCUT2D eigenvalue weighted by atomic mass is 10.2. The van der Waals surface area contributed by atoms with Crippen LogP contribution in [-0.4, -0.2) is 44.3 Å². The second-order valence-electron chi connectivity index (χ2n) is 9.06. The molecule has 3 N–H and O–H groups in total. The van der Waals surface area contributed by atoms with E-state index in [9.17, 15) is 27.6 Å². The molecule has 0 unspecified atom stereocenters. The zero-order chi connectivity index (χ0) is 28.1. The van der Waals surface area contributed by atoms with Crippen LogP contribution in [0.4, 0.5) is 30.5 Å². The van der Waals surface area contributed by atoms with Gasteiger partial charge in [-0.15, -0.1) is 0 Å². The molecular formula is C23H24F3N7O3. The summed E-state index contributed by atoms with van der Waals surface area (Å²) in [7, 11) is 0. The fraction of sp³-hybridized carbons (Fsp3) is 0.435. The quantitative estimate of drug-likeness (QED) is 0.432. The van der Waals surface area contributed by atoms with Crippen molar-refractivity contribution in [3.05, 3.63) is 40.4 Å². The Morgan fingerprint density at radius 3 is 2.69 bits per heavy atom. The van der Waals surface area contributed by atoms with E-state index < -0.39 is 31.2 Å². The molecule has 10 nitrogen and oxygen atoms in total.